The molecule has 1 aliphatic heterocycles. The molecule has 8 nitrogen and oxygen atoms in total. The van der Waals surface area contributed by atoms with Crippen LogP contribution >= 0.6 is 0 Å². The molecule has 0 saturated carbocycles. The first-order valence-corrected chi connectivity index (χ1v) is 8.67. The summed E-state index contributed by atoms with van der Waals surface area (Å²) in [6.07, 6.45) is 7.82. The highest BCUT2D eigenvalue weighted by Gasteiger charge is 2.26. The van der Waals surface area contributed by atoms with Gasteiger partial charge in [0.25, 0.3) is 0 Å². The molecule has 0 aromatic carbocycles. The number of likely N-dealkylation sites (tertiary alicyclic amines) is 1. The molecule has 4 heterocycles. The molecule has 0 aliphatic carbocycles. The summed E-state index contributed by atoms with van der Waals surface area (Å²) >= 11 is 0. The lowest BCUT2D eigenvalue weighted by Gasteiger charge is -2.31. The van der Waals surface area contributed by atoms with Crippen molar-refractivity contribution in [1.82, 2.24) is 34.4 Å². The second kappa shape index (κ2) is 6.79. The van der Waals surface area contributed by atoms with Crippen LogP contribution in [0.3, 0.4) is 0 Å². The number of piperidine rings is 1. The van der Waals surface area contributed by atoms with Gasteiger partial charge in [0.1, 0.15) is 5.82 Å². The van der Waals surface area contributed by atoms with Gasteiger partial charge in [0.2, 0.25) is 0 Å². The minimum atomic E-state index is 0.395. The molecular formula is C17H23N7O. The van der Waals surface area contributed by atoms with Crippen molar-refractivity contribution < 1.29 is 4.52 Å². The van der Waals surface area contributed by atoms with Crippen LogP contribution in [0.1, 0.15) is 41.9 Å². The first-order chi connectivity index (χ1) is 12.2. The van der Waals surface area contributed by atoms with Gasteiger partial charge < -0.3 is 13.7 Å². The molecule has 25 heavy (non-hydrogen) atoms. The van der Waals surface area contributed by atoms with E-state index >= 15 is 0 Å². The van der Waals surface area contributed by atoms with Gasteiger partial charge in [-0.05, 0) is 26.3 Å². The Morgan fingerprint density at radius 3 is 2.96 bits per heavy atom. The lowest BCUT2D eigenvalue weighted by Crippen LogP contribution is -2.34. The van der Waals surface area contributed by atoms with Gasteiger partial charge in [-0.1, -0.05) is 5.16 Å². The van der Waals surface area contributed by atoms with Crippen molar-refractivity contribution in [2.75, 3.05) is 13.1 Å². The fourth-order valence-corrected chi connectivity index (χ4v) is 3.53. The zero-order chi connectivity index (χ0) is 17.2. The number of hydrogen-bond donors (Lipinski definition) is 0. The molecule has 3 aromatic rings. The second-order valence-corrected chi connectivity index (χ2v) is 6.78. The minimum Gasteiger partial charge on any atom is -0.360 e. The fraction of sp³-hybridized carbons (Fsp3) is 0.529. The summed E-state index contributed by atoms with van der Waals surface area (Å²) in [5.74, 6) is 3.34. The van der Waals surface area contributed by atoms with Crippen LogP contribution in [0.5, 0.6) is 0 Å². The lowest BCUT2D eigenvalue weighted by atomic mass is 9.97. The average molecular weight is 341 g/mol. The smallest absolute Gasteiger partial charge is 0.152 e. The predicted molar refractivity (Wildman–Crippen MR) is 90.8 cm³/mol. The van der Waals surface area contributed by atoms with E-state index in [4.69, 9.17) is 4.52 Å². The summed E-state index contributed by atoms with van der Waals surface area (Å²) in [6.45, 7) is 5.49. The first-order valence-electron chi connectivity index (χ1n) is 8.67. The maximum Gasteiger partial charge on any atom is 0.152 e. The Kier molecular flexibility index (Phi) is 4.35. The molecule has 0 unspecified atom stereocenters. The van der Waals surface area contributed by atoms with Gasteiger partial charge in [-0.25, -0.2) is 4.98 Å². The number of nitrogens with zero attached hydrogens (tertiary/aromatic N) is 7. The molecule has 1 fully saturated rings. The van der Waals surface area contributed by atoms with Crippen molar-refractivity contribution in [3.05, 3.63) is 47.9 Å². The minimum absolute atomic E-state index is 0.395. The molecule has 1 atom stereocenters. The molecule has 0 spiro atoms. The SMILES string of the molecule is Cc1cc(CN2CCC[C@H](c3nnc(Cn4ccnc4)n3C)C2)on1. The molecule has 4 rings (SSSR count). The molecule has 1 aliphatic rings. The van der Waals surface area contributed by atoms with Crippen molar-refractivity contribution in [1.29, 1.82) is 0 Å². The van der Waals surface area contributed by atoms with E-state index in [1.54, 1.807) is 12.5 Å². The normalized spacial score (nSPS) is 18.7. The Hall–Kier alpha value is -2.48. The van der Waals surface area contributed by atoms with Crippen LogP contribution in [0.4, 0.5) is 0 Å². The molecule has 3 aromatic heterocycles. The molecular weight excluding hydrogens is 318 g/mol. The summed E-state index contributed by atoms with van der Waals surface area (Å²) in [5, 5.41) is 12.9. The van der Waals surface area contributed by atoms with Gasteiger partial charge in [0.05, 0.1) is 25.1 Å². The third-order valence-corrected chi connectivity index (χ3v) is 4.81. The van der Waals surface area contributed by atoms with Crippen LogP contribution < -0.4 is 0 Å². The van der Waals surface area contributed by atoms with Crippen LogP contribution in [0.25, 0.3) is 0 Å². The molecule has 0 N–H and O–H groups in total. The zero-order valence-electron chi connectivity index (χ0n) is 14.7. The number of aryl methyl sites for hydroxylation is 1. The summed E-state index contributed by atoms with van der Waals surface area (Å²) in [7, 11) is 2.06. The van der Waals surface area contributed by atoms with Crippen LogP contribution in [-0.4, -0.2) is 47.5 Å². The molecule has 0 amide bonds. The van der Waals surface area contributed by atoms with Crippen molar-refractivity contribution in [3.8, 4) is 0 Å². The highest BCUT2D eigenvalue weighted by molar-refractivity contribution is 5.06. The maximum absolute atomic E-state index is 5.36. The monoisotopic (exact) mass is 341 g/mol. The Bertz CT molecular complexity index is 820. The molecule has 0 bridgehead atoms. The van der Waals surface area contributed by atoms with Gasteiger partial charge in [-0.3, -0.25) is 4.90 Å². The van der Waals surface area contributed by atoms with E-state index in [1.165, 1.54) is 0 Å². The van der Waals surface area contributed by atoms with Crippen LogP contribution in [0, 0.1) is 6.92 Å². The van der Waals surface area contributed by atoms with Crippen LogP contribution in [0.15, 0.2) is 29.3 Å². The quantitative estimate of drug-likeness (QED) is 0.703. The fourth-order valence-electron chi connectivity index (χ4n) is 3.53. The van der Waals surface area contributed by atoms with Gasteiger partial charge in [-0.15, -0.1) is 10.2 Å². The third kappa shape index (κ3) is 3.48. The summed E-state index contributed by atoms with van der Waals surface area (Å²) in [4.78, 5) is 6.50. The van der Waals surface area contributed by atoms with Gasteiger partial charge in [-0.2, -0.15) is 0 Å². The van der Waals surface area contributed by atoms with E-state index in [0.717, 1.165) is 55.6 Å². The van der Waals surface area contributed by atoms with E-state index in [0.29, 0.717) is 12.5 Å². The number of hydrogen-bond acceptors (Lipinski definition) is 6. The number of imidazole rings is 1. The Morgan fingerprint density at radius 1 is 1.28 bits per heavy atom. The molecule has 1 saturated heterocycles. The predicted octanol–water partition coefficient (Wildman–Crippen LogP) is 1.74. The second-order valence-electron chi connectivity index (χ2n) is 6.78. The first kappa shape index (κ1) is 16.0. The highest BCUT2D eigenvalue weighted by atomic mass is 16.5. The van der Waals surface area contributed by atoms with Gasteiger partial charge >= 0.3 is 0 Å². The van der Waals surface area contributed by atoms with E-state index in [9.17, 15) is 0 Å². The summed E-state index contributed by atoms with van der Waals surface area (Å²) in [6, 6.07) is 2.01. The number of aromatic nitrogens is 6. The van der Waals surface area contributed by atoms with Gasteiger partial charge in [0, 0.05) is 38.0 Å². The van der Waals surface area contributed by atoms with Crippen LogP contribution in [0.2, 0.25) is 0 Å². The van der Waals surface area contributed by atoms with E-state index in [2.05, 4.69) is 36.9 Å². The average Bonchev–Trinajstić information content (AvgIpc) is 3.33. The molecule has 8 heteroatoms. The van der Waals surface area contributed by atoms with Crippen molar-refractivity contribution in [3.63, 3.8) is 0 Å². The van der Waals surface area contributed by atoms with E-state index in [1.807, 2.05) is 23.8 Å². The van der Waals surface area contributed by atoms with Gasteiger partial charge in [0.15, 0.2) is 11.6 Å². The Balaban J connectivity index is 1.45. The Morgan fingerprint density at radius 2 is 2.20 bits per heavy atom. The van der Waals surface area contributed by atoms with Crippen LogP contribution in [-0.2, 0) is 20.1 Å². The summed E-state index contributed by atoms with van der Waals surface area (Å²) < 4.78 is 9.50. The largest absolute Gasteiger partial charge is 0.360 e. The van der Waals surface area contributed by atoms with Crippen molar-refractivity contribution in [2.24, 2.45) is 7.05 Å². The van der Waals surface area contributed by atoms with E-state index < -0.39 is 0 Å². The van der Waals surface area contributed by atoms with E-state index in [-0.39, 0.29) is 0 Å². The third-order valence-electron chi connectivity index (χ3n) is 4.81. The standard InChI is InChI=1S/C17H23N7O/c1-13-8-15(25-21-13)10-23-6-3-4-14(9-23)17-20-19-16(22(17)2)11-24-7-5-18-12-24/h5,7-8,12,14H,3-4,6,9-11H2,1-2H3/t14-/m0/s1. The number of rotatable bonds is 5. The lowest BCUT2D eigenvalue weighted by molar-refractivity contribution is 0.176. The maximum atomic E-state index is 5.36. The summed E-state index contributed by atoms with van der Waals surface area (Å²) in [5.41, 5.74) is 0.931. The Labute approximate surface area is 146 Å². The topological polar surface area (TPSA) is 77.8 Å². The molecule has 0 radical (unpaired) electrons. The molecule has 132 valence electrons. The highest BCUT2D eigenvalue weighted by Crippen LogP contribution is 2.27. The van der Waals surface area contributed by atoms with Crippen molar-refractivity contribution in [2.45, 2.75) is 38.8 Å². The van der Waals surface area contributed by atoms with Crippen molar-refractivity contribution >= 4 is 0 Å². The zero-order valence-corrected chi connectivity index (χ0v) is 14.7.